The standard InChI is InChI=1S/C21H25N7O3S2/c1-5-27-17-12-11-15(33(29,30)26(3)4)13-16(17)22-20(27)14-32-21-23-24-25-28(21)18-9-7-8-10-19(18)31-6-2/h7-13H,5-6,14H2,1-4H3. The molecule has 10 nitrogen and oxygen atoms in total. The summed E-state index contributed by atoms with van der Waals surface area (Å²) in [5.41, 5.74) is 2.28. The summed E-state index contributed by atoms with van der Waals surface area (Å²) in [6.07, 6.45) is 0. The zero-order valence-electron chi connectivity index (χ0n) is 18.8. The lowest BCUT2D eigenvalue weighted by Gasteiger charge is -2.11. The number of fused-ring (bicyclic) bond motifs is 1. The van der Waals surface area contributed by atoms with Crippen molar-refractivity contribution in [2.24, 2.45) is 0 Å². The summed E-state index contributed by atoms with van der Waals surface area (Å²) < 4.78 is 35.7. The number of aromatic nitrogens is 6. The SMILES string of the molecule is CCOc1ccccc1-n1nnnc1SCc1nc2cc(S(=O)(=O)N(C)C)ccc2n1CC. The van der Waals surface area contributed by atoms with E-state index in [0.29, 0.717) is 35.3 Å². The predicted molar refractivity (Wildman–Crippen MR) is 126 cm³/mol. The van der Waals surface area contributed by atoms with Crippen molar-refractivity contribution in [3.8, 4) is 11.4 Å². The van der Waals surface area contributed by atoms with E-state index >= 15 is 0 Å². The van der Waals surface area contributed by atoms with Crippen molar-refractivity contribution < 1.29 is 13.2 Å². The number of imidazole rings is 1. The molecule has 2 aromatic carbocycles. The first-order chi connectivity index (χ1) is 15.9. The van der Waals surface area contributed by atoms with E-state index in [-0.39, 0.29) is 4.90 Å². The Kier molecular flexibility index (Phi) is 6.68. The van der Waals surface area contributed by atoms with E-state index in [1.807, 2.05) is 38.1 Å². The van der Waals surface area contributed by atoms with Gasteiger partial charge in [0.2, 0.25) is 15.2 Å². The van der Waals surface area contributed by atoms with Crippen LogP contribution in [0.4, 0.5) is 0 Å². The molecule has 0 unspecified atom stereocenters. The third-order valence-electron chi connectivity index (χ3n) is 5.06. The fourth-order valence-corrected chi connectivity index (χ4v) is 5.20. The first-order valence-electron chi connectivity index (χ1n) is 10.4. The molecule has 0 radical (unpaired) electrons. The lowest BCUT2D eigenvalue weighted by molar-refractivity contribution is 0.337. The molecule has 4 aromatic rings. The number of thioether (sulfide) groups is 1. The zero-order valence-corrected chi connectivity index (χ0v) is 20.5. The van der Waals surface area contributed by atoms with Gasteiger partial charge in [-0.2, -0.15) is 4.68 Å². The first-order valence-corrected chi connectivity index (χ1v) is 12.8. The molecule has 0 aliphatic rings. The Balaban J connectivity index is 1.65. The number of sulfonamides is 1. The molecule has 2 heterocycles. The first kappa shape index (κ1) is 23.2. The van der Waals surface area contributed by atoms with Gasteiger partial charge in [0.05, 0.1) is 28.3 Å². The van der Waals surface area contributed by atoms with Crippen molar-refractivity contribution in [2.45, 2.75) is 36.2 Å². The molecule has 12 heteroatoms. The van der Waals surface area contributed by atoms with Gasteiger partial charge in [-0.3, -0.25) is 0 Å². The van der Waals surface area contributed by atoms with Gasteiger partial charge in [0.25, 0.3) is 0 Å². The molecule has 0 amide bonds. The van der Waals surface area contributed by atoms with Gasteiger partial charge in [0.15, 0.2) is 0 Å². The summed E-state index contributed by atoms with van der Waals surface area (Å²) in [7, 11) is -0.506. The van der Waals surface area contributed by atoms with E-state index < -0.39 is 10.0 Å². The summed E-state index contributed by atoms with van der Waals surface area (Å²) in [6, 6.07) is 12.6. The van der Waals surface area contributed by atoms with Crippen LogP contribution < -0.4 is 4.74 Å². The summed E-state index contributed by atoms with van der Waals surface area (Å²) in [5, 5.41) is 12.8. The Hall–Kier alpha value is -2.96. The minimum atomic E-state index is -3.53. The Labute approximate surface area is 196 Å². The van der Waals surface area contributed by atoms with Crippen molar-refractivity contribution in [3.63, 3.8) is 0 Å². The quantitative estimate of drug-likeness (QED) is 0.332. The van der Waals surface area contributed by atoms with Crippen molar-refractivity contribution in [3.05, 3.63) is 48.3 Å². The van der Waals surface area contributed by atoms with E-state index in [4.69, 9.17) is 9.72 Å². The molecular weight excluding hydrogens is 462 g/mol. The molecule has 0 saturated heterocycles. The molecule has 0 N–H and O–H groups in total. The van der Waals surface area contributed by atoms with E-state index in [1.54, 1.807) is 22.9 Å². The third-order valence-corrected chi connectivity index (χ3v) is 7.78. The molecule has 33 heavy (non-hydrogen) atoms. The van der Waals surface area contributed by atoms with E-state index in [2.05, 4.69) is 20.1 Å². The second kappa shape index (κ2) is 9.49. The second-order valence-corrected chi connectivity index (χ2v) is 10.4. The van der Waals surface area contributed by atoms with Crippen molar-refractivity contribution in [1.29, 1.82) is 0 Å². The van der Waals surface area contributed by atoms with Gasteiger partial charge < -0.3 is 9.30 Å². The van der Waals surface area contributed by atoms with Crippen molar-refractivity contribution in [1.82, 2.24) is 34.1 Å². The van der Waals surface area contributed by atoms with Gasteiger partial charge in [-0.25, -0.2) is 17.7 Å². The fourth-order valence-electron chi connectivity index (χ4n) is 3.45. The highest BCUT2D eigenvalue weighted by Gasteiger charge is 2.20. The van der Waals surface area contributed by atoms with Gasteiger partial charge in [-0.05, 0) is 54.6 Å². The van der Waals surface area contributed by atoms with E-state index in [9.17, 15) is 8.42 Å². The number of hydrogen-bond donors (Lipinski definition) is 0. The molecule has 2 aromatic heterocycles. The van der Waals surface area contributed by atoms with E-state index in [1.165, 1.54) is 30.2 Å². The molecule has 0 bridgehead atoms. The van der Waals surface area contributed by atoms with Gasteiger partial charge in [-0.15, -0.1) is 5.10 Å². The number of aryl methyl sites for hydroxylation is 1. The van der Waals surface area contributed by atoms with Crippen molar-refractivity contribution in [2.75, 3.05) is 20.7 Å². The summed E-state index contributed by atoms with van der Waals surface area (Å²) >= 11 is 1.45. The molecule has 0 fully saturated rings. The second-order valence-electron chi connectivity index (χ2n) is 7.27. The Bertz CT molecular complexity index is 1380. The third kappa shape index (κ3) is 4.45. The van der Waals surface area contributed by atoms with Crippen LogP contribution in [-0.2, 0) is 22.3 Å². The minimum absolute atomic E-state index is 0.219. The van der Waals surface area contributed by atoms with Gasteiger partial charge in [0.1, 0.15) is 17.3 Å². The van der Waals surface area contributed by atoms with Crippen LogP contribution in [0.5, 0.6) is 5.75 Å². The highest BCUT2D eigenvalue weighted by Crippen LogP contribution is 2.29. The van der Waals surface area contributed by atoms with Crippen LogP contribution in [-0.4, -0.2) is 63.2 Å². The maximum Gasteiger partial charge on any atom is 0.242 e. The monoisotopic (exact) mass is 487 g/mol. The minimum Gasteiger partial charge on any atom is -0.492 e. The molecule has 0 aliphatic heterocycles. The van der Waals surface area contributed by atoms with Crippen LogP contribution in [0.3, 0.4) is 0 Å². The summed E-state index contributed by atoms with van der Waals surface area (Å²) in [6.45, 7) is 5.19. The largest absolute Gasteiger partial charge is 0.492 e. The summed E-state index contributed by atoms with van der Waals surface area (Å²) in [4.78, 5) is 4.94. The molecule has 174 valence electrons. The Morgan fingerprint density at radius 1 is 1.12 bits per heavy atom. The average Bonchev–Trinajstić information content (AvgIpc) is 3.41. The van der Waals surface area contributed by atoms with Gasteiger partial charge in [0, 0.05) is 20.6 Å². The smallest absolute Gasteiger partial charge is 0.242 e. The lowest BCUT2D eigenvalue weighted by Crippen LogP contribution is -2.22. The van der Waals surface area contributed by atoms with Crippen LogP contribution in [0.2, 0.25) is 0 Å². The highest BCUT2D eigenvalue weighted by atomic mass is 32.2. The number of ether oxygens (including phenoxy) is 1. The van der Waals surface area contributed by atoms with Crippen LogP contribution in [0, 0.1) is 0 Å². The van der Waals surface area contributed by atoms with Crippen molar-refractivity contribution >= 4 is 32.8 Å². The van der Waals surface area contributed by atoms with Crippen LogP contribution in [0.1, 0.15) is 19.7 Å². The number of hydrogen-bond acceptors (Lipinski definition) is 8. The average molecular weight is 488 g/mol. The van der Waals surface area contributed by atoms with Gasteiger partial charge in [-0.1, -0.05) is 23.9 Å². The Morgan fingerprint density at radius 3 is 2.64 bits per heavy atom. The van der Waals surface area contributed by atoms with E-state index in [0.717, 1.165) is 17.0 Å². The predicted octanol–water partition coefficient (Wildman–Crippen LogP) is 2.97. The van der Waals surface area contributed by atoms with Crippen LogP contribution in [0.25, 0.3) is 16.7 Å². The molecule has 0 spiro atoms. The zero-order chi connectivity index (χ0) is 23.6. The Morgan fingerprint density at radius 2 is 1.91 bits per heavy atom. The normalized spacial score (nSPS) is 12.0. The molecule has 0 atom stereocenters. The number of benzene rings is 2. The number of tetrazole rings is 1. The maximum atomic E-state index is 12.5. The topological polar surface area (TPSA) is 108 Å². The summed E-state index contributed by atoms with van der Waals surface area (Å²) in [5.74, 6) is 2.02. The van der Waals surface area contributed by atoms with Gasteiger partial charge >= 0.3 is 0 Å². The lowest BCUT2D eigenvalue weighted by atomic mass is 10.3. The fraction of sp³-hybridized carbons (Fsp3) is 0.333. The van der Waals surface area contributed by atoms with Crippen LogP contribution in [0.15, 0.2) is 52.5 Å². The van der Waals surface area contributed by atoms with Crippen LogP contribution >= 0.6 is 11.8 Å². The molecule has 0 aliphatic carbocycles. The number of para-hydroxylation sites is 2. The maximum absolute atomic E-state index is 12.5. The molecule has 0 saturated carbocycles. The molecule has 4 rings (SSSR count). The number of nitrogens with zero attached hydrogens (tertiary/aromatic N) is 7. The number of rotatable bonds is 9. The highest BCUT2D eigenvalue weighted by molar-refractivity contribution is 7.98. The molecular formula is C21H25N7O3S2.